The number of aliphatic carboxylic acids is 1. The molecule has 4 heteroatoms. The van der Waals surface area contributed by atoms with Crippen molar-refractivity contribution in [3.8, 4) is 0 Å². The van der Waals surface area contributed by atoms with Gasteiger partial charge in [-0.2, -0.15) is 0 Å². The summed E-state index contributed by atoms with van der Waals surface area (Å²) < 4.78 is 5.01. The molecule has 0 radical (unpaired) electrons. The second-order valence-electron chi connectivity index (χ2n) is 3.08. The Bertz CT molecular complexity index is 287. The number of aromatic nitrogens is 1. The molecule has 1 aliphatic carbocycles. The Morgan fingerprint density at radius 1 is 1.67 bits per heavy atom. The maximum Gasteiger partial charge on any atom is 0.319 e. The zero-order chi connectivity index (χ0) is 8.60. The van der Waals surface area contributed by atoms with Crippen LogP contribution in [-0.4, -0.2) is 16.1 Å². The predicted octanol–water partition coefficient (Wildman–Crippen LogP) is 1.18. The van der Waals surface area contributed by atoms with E-state index in [2.05, 4.69) is 4.98 Å². The van der Waals surface area contributed by atoms with Gasteiger partial charge in [0.15, 0.2) is 0 Å². The van der Waals surface area contributed by atoms with Gasteiger partial charge in [0, 0.05) is 0 Å². The summed E-state index contributed by atoms with van der Waals surface area (Å²) in [6.45, 7) is 0. The first-order valence-corrected chi connectivity index (χ1v) is 3.89. The van der Waals surface area contributed by atoms with Gasteiger partial charge in [0.2, 0.25) is 5.89 Å². The summed E-state index contributed by atoms with van der Waals surface area (Å²) in [4.78, 5) is 14.8. The van der Waals surface area contributed by atoms with Crippen LogP contribution in [0, 0.1) is 0 Å². The highest BCUT2D eigenvalue weighted by Gasteiger charge is 2.49. The van der Waals surface area contributed by atoms with Gasteiger partial charge in [-0.25, -0.2) is 4.98 Å². The van der Waals surface area contributed by atoms with Gasteiger partial charge in [0.05, 0.1) is 6.20 Å². The van der Waals surface area contributed by atoms with E-state index in [1.54, 1.807) is 0 Å². The average molecular weight is 167 g/mol. The van der Waals surface area contributed by atoms with Crippen molar-refractivity contribution < 1.29 is 14.3 Å². The van der Waals surface area contributed by atoms with Crippen LogP contribution in [0.5, 0.6) is 0 Å². The second kappa shape index (κ2) is 2.33. The van der Waals surface area contributed by atoms with Crippen molar-refractivity contribution in [1.82, 2.24) is 4.98 Å². The summed E-state index contributed by atoms with van der Waals surface area (Å²) >= 11 is 0. The molecule has 0 bridgehead atoms. The lowest BCUT2D eigenvalue weighted by Crippen LogP contribution is -2.42. The number of carboxylic acid groups (broad SMARTS) is 1. The number of oxazole rings is 1. The molecule has 1 aliphatic rings. The molecule has 1 heterocycles. The van der Waals surface area contributed by atoms with Crippen molar-refractivity contribution in [1.29, 1.82) is 0 Å². The lowest BCUT2D eigenvalue weighted by atomic mass is 9.69. The molecule has 1 saturated carbocycles. The molecule has 0 saturated heterocycles. The molecule has 1 aromatic rings. The molecule has 12 heavy (non-hydrogen) atoms. The largest absolute Gasteiger partial charge is 0.480 e. The molecule has 1 N–H and O–H groups in total. The van der Waals surface area contributed by atoms with Crippen molar-refractivity contribution >= 4 is 5.97 Å². The highest BCUT2D eigenvalue weighted by Crippen LogP contribution is 2.42. The van der Waals surface area contributed by atoms with Crippen LogP contribution in [0.3, 0.4) is 0 Å². The molecule has 64 valence electrons. The van der Waals surface area contributed by atoms with Crippen LogP contribution in [-0.2, 0) is 10.2 Å². The monoisotopic (exact) mass is 167 g/mol. The summed E-state index contributed by atoms with van der Waals surface area (Å²) in [6, 6.07) is 0. The maximum absolute atomic E-state index is 10.9. The van der Waals surface area contributed by atoms with E-state index in [1.165, 1.54) is 12.5 Å². The Morgan fingerprint density at radius 2 is 2.42 bits per heavy atom. The van der Waals surface area contributed by atoms with Gasteiger partial charge >= 0.3 is 5.97 Å². The van der Waals surface area contributed by atoms with Crippen molar-refractivity contribution in [3.05, 3.63) is 18.4 Å². The van der Waals surface area contributed by atoms with Crippen LogP contribution >= 0.6 is 0 Å². The van der Waals surface area contributed by atoms with E-state index < -0.39 is 11.4 Å². The van der Waals surface area contributed by atoms with E-state index in [0.29, 0.717) is 18.7 Å². The third kappa shape index (κ3) is 0.776. The minimum absolute atomic E-state index is 0.348. The Morgan fingerprint density at radius 3 is 2.75 bits per heavy atom. The van der Waals surface area contributed by atoms with E-state index in [1.807, 2.05) is 0 Å². The topological polar surface area (TPSA) is 63.3 Å². The van der Waals surface area contributed by atoms with Gasteiger partial charge in [-0.05, 0) is 12.8 Å². The highest BCUT2D eigenvalue weighted by atomic mass is 16.4. The first-order chi connectivity index (χ1) is 5.76. The molecule has 0 aliphatic heterocycles. The van der Waals surface area contributed by atoms with Crippen molar-refractivity contribution in [2.45, 2.75) is 24.7 Å². The highest BCUT2D eigenvalue weighted by molar-refractivity contribution is 5.81. The zero-order valence-electron chi connectivity index (χ0n) is 6.49. The number of nitrogens with zero attached hydrogens (tertiary/aromatic N) is 1. The minimum atomic E-state index is -0.823. The summed E-state index contributed by atoms with van der Waals surface area (Å²) in [7, 11) is 0. The molecule has 0 amide bonds. The Hall–Kier alpha value is -1.32. The van der Waals surface area contributed by atoms with E-state index in [0.717, 1.165) is 6.42 Å². The smallest absolute Gasteiger partial charge is 0.319 e. The fraction of sp³-hybridized carbons (Fsp3) is 0.500. The molecule has 0 unspecified atom stereocenters. The molecular weight excluding hydrogens is 158 g/mol. The van der Waals surface area contributed by atoms with E-state index >= 15 is 0 Å². The Kier molecular flexibility index (Phi) is 1.43. The summed E-state index contributed by atoms with van der Waals surface area (Å²) in [5, 5.41) is 8.96. The number of carboxylic acids is 1. The van der Waals surface area contributed by atoms with Crippen molar-refractivity contribution in [2.24, 2.45) is 0 Å². The standard InChI is InChI=1S/C8H9NO3/c10-7(11)8(2-1-3-8)6-9-4-5-12-6/h4-5H,1-3H2,(H,10,11). The third-order valence-corrected chi connectivity index (χ3v) is 2.46. The number of carbonyl (C=O) groups is 1. The molecule has 1 aromatic heterocycles. The predicted molar refractivity (Wildman–Crippen MR) is 39.7 cm³/mol. The van der Waals surface area contributed by atoms with E-state index in [4.69, 9.17) is 9.52 Å². The van der Waals surface area contributed by atoms with E-state index in [-0.39, 0.29) is 0 Å². The summed E-state index contributed by atoms with van der Waals surface area (Å²) in [5.74, 6) is -0.475. The third-order valence-electron chi connectivity index (χ3n) is 2.46. The molecule has 0 aromatic carbocycles. The zero-order valence-corrected chi connectivity index (χ0v) is 6.49. The normalized spacial score (nSPS) is 20.0. The number of rotatable bonds is 2. The molecule has 4 nitrogen and oxygen atoms in total. The SMILES string of the molecule is O=C(O)C1(c2ncco2)CCC1. The van der Waals surface area contributed by atoms with Crippen molar-refractivity contribution in [3.63, 3.8) is 0 Å². The molecule has 2 rings (SSSR count). The molecule has 0 spiro atoms. The van der Waals surface area contributed by atoms with Crippen LogP contribution in [0.25, 0.3) is 0 Å². The minimum Gasteiger partial charge on any atom is -0.480 e. The first kappa shape index (κ1) is 7.34. The van der Waals surface area contributed by atoms with Crippen LogP contribution in [0.4, 0.5) is 0 Å². The Labute approximate surface area is 69.2 Å². The fourth-order valence-electron chi connectivity index (χ4n) is 1.51. The average Bonchev–Trinajstić information content (AvgIpc) is 2.35. The maximum atomic E-state index is 10.9. The molecular formula is C8H9NO3. The first-order valence-electron chi connectivity index (χ1n) is 3.89. The lowest BCUT2D eigenvalue weighted by Gasteiger charge is -2.34. The summed E-state index contributed by atoms with van der Waals surface area (Å²) in [5.41, 5.74) is -0.816. The van der Waals surface area contributed by atoms with Gasteiger partial charge < -0.3 is 9.52 Å². The quantitative estimate of drug-likeness (QED) is 0.718. The van der Waals surface area contributed by atoms with Gasteiger partial charge in [-0.3, -0.25) is 4.79 Å². The second-order valence-corrected chi connectivity index (χ2v) is 3.08. The van der Waals surface area contributed by atoms with E-state index in [9.17, 15) is 4.79 Å². The van der Waals surface area contributed by atoms with Crippen molar-refractivity contribution in [2.75, 3.05) is 0 Å². The van der Waals surface area contributed by atoms with Gasteiger partial charge in [-0.15, -0.1) is 0 Å². The lowest BCUT2D eigenvalue weighted by molar-refractivity contribution is -0.148. The van der Waals surface area contributed by atoms with Crippen LogP contribution in [0.15, 0.2) is 16.9 Å². The molecule has 0 atom stereocenters. The number of hydrogen-bond donors (Lipinski definition) is 1. The fourth-order valence-corrected chi connectivity index (χ4v) is 1.51. The van der Waals surface area contributed by atoms with Gasteiger partial charge in [0.25, 0.3) is 0 Å². The van der Waals surface area contributed by atoms with Crippen LogP contribution < -0.4 is 0 Å². The van der Waals surface area contributed by atoms with Gasteiger partial charge in [-0.1, -0.05) is 6.42 Å². The van der Waals surface area contributed by atoms with Crippen LogP contribution in [0.1, 0.15) is 25.2 Å². The molecule has 1 fully saturated rings. The Balaban J connectivity index is 2.35. The van der Waals surface area contributed by atoms with Gasteiger partial charge in [0.1, 0.15) is 11.7 Å². The number of hydrogen-bond acceptors (Lipinski definition) is 3. The summed E-state index contributed by atoms with van der Waals surface area (Å²) in [6.07, 6.45) is 5.12. The van der Waals surface area contributed by atoms with Crippen LogP contribution in [0.2, 0.25) is 0 Å².